The summed E-state index contributed by atoms with van der Waals surface area (Å²) in [6.07, 6.45) is 3.63. The molecule has 2 heterocycles. The van der Waals surface area contributed by atoms with E-state index in [0.29, 0.717) is 6.54 Å². The van der Waals surface area contributed by atoms with Crippen LogP contribution in [0.4, 0.5) is 5.95 Å². The van der Waals surface area contributed by atoms with Crippen molar-refractivity contribution in [1.82, 2.24) is 20.1 Å². The first-order chi connectivity index (χ1) is 12.6. The average Bonchev–Trinajstić information content (AvgIpc) is 3.07. The standard InChI is InChI=1S/C19H27N5OS/c1-4-20-17(25)15(3)26-19-22-21-18(23-12-6-5-7-13-23)24(19)16-10-8-14(2)9-11-16/h8-11,15H,4-7,12-13H2,1-3H3,(H,20,25)/t15-/m0/s1. The van der Waals surface area contributed by atoms with Gasteiger partial charge in [0.05, 0.1) is 10.9 Å². The Bertz CT molecular complexity index is 737. The van der Waals surface area contributed by atoms with Crippen LogP contribution < -0.4 is 10.2 Å². The number of carbonyl (C=O) groups excluding carboxylic acids is 1. The minimum Gasteiger partial charge on any atom is -0.355 e. The van der Waals surface area contributed by atoms with E-state index in [4.69, 9.17) is 0 Å². The molecule has 0 radical (unpaired) electrons. The summed E-state index contributed by atoms with van der Waals surface area (Å²) >= 11 is 1.45. The third-order valence-electron chi connectivity index (χ3n) is 4.55. The number of nitrogens with zero attached hydrogens (tertiary/aromatic N) is 4. The van der Waals surface area contributed by atoms with Gasteiger partial charge in [-0.3, -0.25) is 9.36 Å². The Morgan fingerprint density at radius 3 is 2.54 bits per heavy atom. The van der Waals surface area contributed by atoms with Gasteiger partial charge in [0.2, 0.25) is 11.9 Å². The van der Waals surface area contributed by atoms with E-state index in [1.165, 1.54) is 36.6 Å². The van der Waals surface area contributed by atoms with Crippen molar-refractivity contribution >= 4 is 23.6 Å². The van der Waals surface area contributed by atoms with E-state index in [-0.39, 0.29) is 11.2 Å². The van der Waals surface area contributed by atoms with Crippen molar-refractivity contribution in [2.24, 2.45) is 0 Å². The zero-order valence-electron chi connectivity index (χ0n) is 15.7. The first-order valence-electron chi connectivity index (χ1n) is 9.32. The Hall–Kier alpha value is -2.02. The van der Waals surface area contributed by atoms with Crippen LogP contribution in [-0.4, -0.2) is 45.6 Å². The van der Waals surface area contributed by atoms with Crippen LogP contribution in [0, 0.1) is 6.92 Å². The second-order valence-electron chi connectivity index (χ2n) is 6.66. The summed E-state index contributed by atoms with van der Waals surface area (Å²) in [5.41, 5.74) is 2.25. The summed E-state index contributed by atoms with van der Waals surface area (Å²) in [5.74, 6) is 0.898. The van der Waals surface area contributed by atoms with Gasteiger partial charge in [0.15, 0.2) is 5.16 Å². The van der Waals surface area contributed by atoms with Crippen LogP contribution in [0.5, 0.6) is 0 Å². The number of nitrogens with one attached hydrogen (secondary N) is 1. The lowest BCUT2D eigenvalue weighted by Gasteiger charge is -2.28. The summed E-state index contributed by atoms with van der Waals surface area (Å²) in [4.78, 5) is 14.5. The number of anilines is 1. The van der Waals surface area contributed by atoms with Gasteiger partial charge in [-0.05, 0) is 52.2 Å². The van der Waals surface area contributed by atoms with E-state index in [0.717, 1.165) is 29.9 Å². The number of aromatic nitrogens is 3. The molecule has 0 aliphatic carbocycles. The highest BCUT2D eigenvalue weighted by atomic mass is 32.2. The van der Waals surface area contributed by atoms with E-state index in [9.17, 15) is 4.79 Å². The smallest absolute Gasteiger partial charge is 0.233 e. The van der Waals surface area contributed by atoms with Gasteiger partial charge in [-0.2, -0.15) is 0 Å². The number of hydrogen-bond acceptors (Lipinski definition) is 5. The number of aryl methyl sites for hydroxylation is 1. The molecule has 2 aromatic rings. The topological polar surface area (TPSA) is 63.1 Å². The van der Waals surface area contributed by atoms with Crippen molar-refractivity contribution < 1.29 is 4.79 Å². The number of rotatable bonds is 6. The monoisotopic (exact) mass is 373 g/mol. The van der Waals surface area contributed by atoms with Gasteiger partial charge in [-0.25, -0.2) is 0 Å². The maximum atomic E-state index is 12.1. The summed E-state index contributed by atoms with van der Waals surface area (Å²) in [5, 5.41) is 12.3. The molecule has 1 saturated heterocycles. The Morgan fingerprint density at radius 1 is 1.19 bits per heavy atom. The summed E-state index contributed by atoms with van der Waals surface area (Å²) in [6, 6.07) is 8.37. The van der Waals surface area contributed by atoms with Crippen molar-refractivity contribution in [1.29, 1.82) is 0 Å². The van der Waals surface area contributed by atoms with Gasteiger partial charge in [-0.15, -0.1) is 10.2 Å². The van der Waals surface area contributed by atoms with Gasteiger partial charge in [-0.1, -0.05) is 29.5 Å². The fourth-order valence-electron chi connectivity index (χ4n) is 3.09. The number of piperidine rings is 1. The molecule has 7 heteroatoms. The van der Waals surface area contributed by atoms with E-state index in [1.54, 1.807) is 0 Å². The molecule has 1 amide bonds. The highest BCUT2D eigenvalue weighted by Gasteiger charge is 2.24. The molecule has 3 rings (SSSR count). The molecule has 1 aliphatic rings. The van der Waals surface area contributed by atoms with Gasteiger partial charge in [0, 0.05) is 19.6 Å². The summed E-state index contributed by atoms with van der Waals surface area (Å²) < 4.78 is 2.09. The molecule has 0 saturated carbocycles. The normalized spacial score (nSPS) is 15.7. The maximum absolute atomic E-state index is 12.1. The minimum atomic E-state index is -0.224. The molecule has 0 unspecified atom stereocenters. The van der Waals surface area contributed by atoms with E-state index in [1.807, 2.05) is 13.8 Å². The molecule has 1 N–H and O–H groups in total. The third-order valence-corrected chi connectivity index (χ3v) is 5.59. The SMILES string of the molecule is CCNC(=O)[C@H](C)Sc1nnc(N2CCCCC2)n1-c1ccc(C)cc1. The molecule has 0 bridgehead atoms. The van der Waals surface area contributed by atoms with Crippen LogP contribution in [0.15, 0.2) is 29.4 Å². The van der Waals surface area contributed by atoms with Gasteiger partial charge >= 0.3 is 0 Å². The van der Waals surface area contributed by atoms with Crippen molar-refractivity contribution in [3.63, 3.8) is 0 Å². The van der Waals surface area contributed by atoms with Crippen LogP contribution in [0.3, 0.4) is 0 Å². The summed E-state index contributed by atoms with van der Waals surface area (Å²) in [6.45, 7) is 8.55. The van der Waals surface area contributed by atoms with Gasteiger partial charge < -0.3 is 10.2 Å². The Balaban J connectivity index is 1.94. The van der Waals surface area contributed by atoms with Crippen LogP contribution in [0.25, 0.3) is 5.69 Å². The molecule has 26 heavy (non-hydrogen) atoms. The van der Waals surface area contributed by atoms with Crippen molar-refractivity contribution in [2.45, 2.75) is 50.4 Å². The van der Waals surface area contributed by atoms with Gasteiger partial charge in [0.25, 0.3) is 0 Å². The van der Waals surface area contributed by atoms with E-state index < -0.39 is 0 Å². The Labute approximate surface area is 159 Å². The van der Waals surface area contributed by atoms with E-state index in [2.05, 4.69) is 56.2 Å². The minimum absolute atomic E-state index is 0.0236. The lowest BCUT2D eigenvalue weighted by atomic mass is 10.1. The number of thioether (sulfide) groups is 1. The number of benzene rings is 1. The molecule has 1 aromatic heterocycles. The molecular weight excluding hydrogens is 346 g/mol. The molecule has 1 fully saturated rings. The lowest BCUT2D eigenvalue weighted by Crippen LogP contribution is -2.32. The van der Waals surface area contributed by atoms with Crippen LogP contribution in [0.1, 0.15) is 38.7 Å². The van der Waals surface area contributed by atoms with Gasteiger partial charge in [0.1, 0.15) is 0 Å². The van der Waals surface area contributed by atoms with Crippen LogP contribution in [-0.2, 0) is 4.79 Å². The molecule has 1 atom stereocenters. The highest BCUT2D eigenvalue weighted by Crippen LogP contribution is 2.30. The number of amides is 1. The molecule has 1 aromatic carbocycles. The lowest BCUT2D eigenvalue weighted by molar-refractivity contribution is -0.120. The molecule has 140 valence electrons. The average molecular weight is 374 g/mol. The second kappa shape index (κ2) is 8.58. The zero-order chi connectivity index (χ0) is 18.5. The third kappa shape index (κ3) is 4.20. The predicted octanol–water partition coefficient (Wildman–Crippen LogP) is 3.18. The molecular formula is C19H27N5OS. The Kier molecular flexibility index (Phi) is 6.19. The van der Waals surface area contributed by atoms with Crippen molar-refractivity contribution in [3.8, 4) is 5.69 Å². The quantitative estimate of drug-likeness (QED) is 0.788. The van der Waals surface area contributed by atoms with Crippen LogP contribution >= 0.6 is 11.8 Å². The highest BCUT2D eigenvalue weighted by molar-refractivity contribution is 8.00. The zero-order valence-corrected chi connectivity index (χ0v) is 16.6. The predicted molar refractivity (Wildman–Crippen MR) is 106 cm³/mol. The molecule has 0 spiro atoms. The summed E-state index contributed by atoms with van der Waals surface area (Å²) in [7, 11) is 0. The number of carbonyl (C=O) groups is 1. The largest absolute Gasteiger partial charge is 0.355 e. The fraction of sp³-hybridized carbons (Fsp3) is 0.526. The fourth-order valence-corrected chi connectivity index (χ4v) is 3.97. The second-order valence-corrected chi connectivity index (χ2v) is 7.96. The van der Waals surface area contributed by atoms with Crippen molar-refractivity contribution in [2.75, 3.05) is 24.5 Å². The first-order valence-corrected chi connectivity index (χ1v) is 10.2. The number of hydrogen-bond donors (Lipinski definition) is 1. The first kappa shape index (κ1) is 18.8. The Morgan fingerprint density at radius 2 is 1.88 bits per heavy atom. The van der Waals surface area contributed by atoms with Crippen molar-refractivity contribution in [3.05, 3.63) is 29.8 Å². The van der Waals surface area contributed by atoms with Crippen LogP contribution in [0.2, 0.25) is 0 Å². The maximum Gasteiger partial charge on any atom is 0.233 e. The van der Waals surface area contributed by atoms with E-state index >= 15 is 0 Å². The molecule has 1 aliphatic heterocycles. The molecule has 6 nitrogen and oxygen atoms in total.